The van der Waals surface area contributed by atoms with Gasteiger partial charge >= 0.3 is 23.4 Å². The van der Waals surface area contributed by atoms with Crippen LogP contribution in [0, 0.1) is 65.9 Å². The van der Waals surface area contributed by atoms with Crippen molar-refractivity contribution < 1.29 is 32.7 Å². The normalized spacial score (nSPS) is 20.4. The second kappa shape index (κ2) is 49.7. The number of anilines is 11. The molecular weight excluding hydrogens is 1650 g/mol. The highest BCUT2D eigenvalue weighted by Crippen LogP contribution is 2.35. The summed E-state index contributed by atoms with van der Waals surface area (Å²) in [7, 11) is 0. The van der Waals surface area contributed by atoms with E-state index in [0.29, 0.717) is 104 Å². The van der Waals surface area contributed by atoms with Gasteiger partial charge in [0.1, 0.15) is 30.2 Å². The molecule has 8 aromatic rings. The number of nitrogens with one attached hydrogen (secondary N) is 8. The van der Waals surface area contributed by atoms with Crippen molar-refractivity contribution in [3.05, 3.63) is 180 Å². The van der Waals surface area contributed by atoms with Gasteiger partial charge in [-0.05, 0) is 237 Å². The number of benzene rings is 4. The Kier molecular flexibility index (Phi) is 37.1. The minimum atomic E-state index is -4.76. The van der Waals surface area contributed by atoms with E-state index in [-0.39, 0.29) is 71.0 Å². The lowest BCUT2D eigenvalue weighted by atomic mass is 9.86. The Hall–Kier alpha value is -11.8. The second-order valence-electron chi connectivity index (χ2n) is 34.9. The maximum absolute atomic E-state index is 12.7. The van der Waals surface area contributed by atoms with Crippen molar-refractivity contribution in [2.75, 3.05) is 123 Å². The van der Waals surface area contributed by atoms with E-state index < -0.39 is 21.1 Å². The Bertz CT molecular complexity index is 4900. The lowest BCUT2D eigenvalue weighted by Gasteiger charge is -2.29. The van der Waals surface area contributed by atoms with Gasteiger partial charge in [-0.3, -0.25) is 30.3 Å². The van der Waals surface area contributed by atoms with Crippen LogP contribution >= 0.6 is 0 Å². The van der Waals surface area contributed by atoms with Gasteiger partial charge in [0.05, 0.1) is 26.5 Å². The van der Waals surface area contributed by atoms with Crippen molar-refractivity contribution in [1.82, 2.24) is 39.9 Å². The van der Waals surface area contributed by atoms with Gasteiger partial charge in [0, 0.05) is 145 Å². The van der Waals surface area contributed by atoms with E-state index in [9.17, 15) is 43.5 Å². The zero-order valence-corrected chi connectivity index (χ0v) is 74.2. The molecule has 3 saturated heterocycles. The molecule has 0 spiro atoms. The van der Waals surface area contributed by atoms with Crippen molar-refractivity contribution in [3.8, 4) is 17.6 Å². The first-order chi connectivity index (χ1) is 62.6. The topological polar surface area (TPSA) is 452 Å². The van der Waals surface area contributed by atoms with Gasteiger partial charge in [-0.1, -0.05) is 86.2 Å². The number of nitro groups is 3. The van der Waals surface area contributed by atoms with Crippen LogP contribution in [0.3, 0.4) is 0 Å². The van der Waals surface area contributed by atoms with Crippen LogP contribution in [0.25, 0.3) is 0 Å². The Morgan fingerprint density at radius 3 is 1.05 bits per heavy atom. The van der Waals surface area contributed by atoms with Crippen LogP contribution in [0.2, 0.25) is 0 Å². The highest BCUT2D eigenvalue weighted by molar-refractivity contribution is 5.61. The summed E-state index contributed by atoms with van der Waals surface area (Å²) in [6.07, 6.45) is 30.2. The van der Waals surface area contributed by atoms with Crippen molar-refractivity contribution in [1.29, 1.82) is 0 Å². The van der Waals surface area contributed by atoms with Gasteiger partial charge in [0.2, 0.25) is 41.2 Å². The van der Waals surface area contributed by atoms with E-state index >= 15 is 0 Å². The summed E-state index contributed by atoms with van der Waals surface area (Å²) in [5.74, 6) is 10.7. The highest BCUT2D eigenvalue weighted by atomic mass is 19.4. The lowest BCUT2D eigenvalue weighted by Crippen LogP contribution is -2.29. The number of piperidine rings is 1. The lowest BCUT2D eigenvalue weighted by molar-refractivity contribution is -0.384. The number of nitrogens with two attached hydrogens (primary N) is 4. The maximum atomic E-state index is 12.7. The van der Waals surface area contributed by atoms with Crippen LogP contribution in [-0.2, 0) is 26.2 Å². The van der Waals surface area contributed by atoms with Crippen molar-refractivity contribution >= 4 is 81.2 Å². The SMILES string of the molecule is CCCC#Cc1cnc(NCc2ccccc2OC(F)(F)F)nc1NCC1CCC(N)CC1.NC1CCC(CNc2nc(NCc3cccc(N4CCCC4)c3)ncc2[N+](=O)[O-])CC1.NC1CCC(CNc2nc(NCc3cccc(N4CCCCC4)c3)ncc2[N+](=O)[O-])CC1.NC1CCC(CNc2nc(NCc3cccc(N4CCCCCC4)c3)ncc2[N+](=O)[O-])CC1. The van der Waals surface area contributed by atoms with Crippen molar-refractivity contribution in [2.24, 2.45) is 46.6 Å². The molecule has 3 aliphatic heterocycles. The number of para-hydroxylation sites is 1. The third-order valence-electron chi connectivity index (χ3n) is 25.0. The molecule has 36 heteroatoms. The number of halogens is 3. The van der Waals surface area contributed by atoms with Crippen LogP contribution in [0.5, 0.6) is 5.75 Å². The molecule has 694 valence electrons. The van der Waals surface area contributed by atoms with Crippen molar-refractivity contribution in [3.63, 3.8) is 0 Å². The monoisotopic (exact) mass is 1780 g/mol. The Balaban J connectivity index is 0.000000156. The fraction of sp³-hybridized carbons (Fsp3) is 0.548. The number of alkyl halides is 3. The van der Waals surface area contributed by atoms with Gasteiger partial charge in [-0.25, -0.2) is 19.9 Å². The molecule has 33 nitrogen and oxygen atoms in total. The predicted octanol–water partition coefficient (Wildman–Crippen LogP) is 16.8. The molecule has 0 unspecified atom stereocenters. The summed E-state index contributed by atoms with van der Waals surface area (Å²) >= 11 is 0. The van der Waals surface area contributed by atoms with Gasteiger partial charge < -0.3 is 84.9 Å². The zero-order valence-electron chi connectivity index (χ0n) is 74.2. The first kappa shape index (κ1) is 96.3. The summed E-state index contributed by atoms with van der Waals surface area (Å²) in [6.45, 7) is 13.1. The number of nitrogens with zero attached hydrogens (tertiary/aromatic N) is 14. The third-order valence-corrected chi connectivity index (χ3v) is 25.0. The molecule has 4 saturated carbocycles. The standard InChI is InChI=1S/C24H30F3N5O.C24H35N7O2.C23H33N7O2.C22H31N7O2/c1-2-3-4-8-19-16-31-23(32-22(19)29-14-17-10-12-20(28)13-11-17)30-15-18-7-5-6-9-21(18)33-24(25,26)27;25-20-10-8-18(9-11-20)15-26-23-22(31(32)33)17-28-24(29-23)27-16-19-6-5-7-21(14-19)30-12-3-1-2-4-13-30;24-19-9-7-17(8-10-19)14-25-22-21(30(31)32)16-27-23(28-22)26-15-18-5-4-6-20(13-18)29-11-2-1-3-12-29;23-18-8-6-16(7-9-18)13-24-21-20(29(30)31)15-26-22(27-21)25-14-17-4-3-5-19(12-17)28-10-1-2-11-28/h5-7,9,16-17,20H,2-3,10-15,28H2,1H3,(H2,29,30,31,32);5-7,14,17-18,20H,1-4,8-13,15-16,25H2,(H2,26,27,28,29);4-6,13,16-17,19H,1-3,7-12,14-15,24H2,(H2,25,26,27,28);3-5,12,15-16,18H,1-2,6-11,13-14,23H2,(H2,24,25,26,27). The minimum absolute atomic E-state index is 0.0765. The average molecular weight is 1780 g/mol. The molecule has 0 amide bonds. The molecule has 16 N–H and O–H groups in total. The van der Waals surface area contributed by atoms with Crippen LogP contribution in [0.15, 0.2) is 122 Å². The molecule has 0 radical (unpaired) electrons. The second-order valence-corrected chi connectivity index (χ2v) is 34.9. The molecular formula is C93H129F3N26O7. The summed E-state index contributed by atoms with van der Waals surface area (Å²) in [4.78, 5) is 74.8. The summed E-state index contributed by atoms with van der Waals surface area (Å²) < 4.78 is 42.1. The highest BCUT2D eigenvalue weighted by Gasteiger charge is 2.33. The number of ether oxygens (including phenoxy) is 1. The maximum Gasteiger partial charge on any atom is 0.573 e. The van der Waals surface area contributed by atoms with Gasteiger partial charge in [0.25, 0.3) is 0 Å². The smallest absolute Gasteiger partial charge is 0.405 e. The van der Waals surface area contributed by atoms with Gasteiger partial charge in [-0.15, -0.1) is 13.2 Å². The number of hydrogen-bond donors (Lipinski definition) is 12. The number of aromatic nitrogens is 8. The van der Waals surface area contributed by atoms with Crippen LogP contribution in [0.4, 0.5) is 94.4 Å². The zero-order chi connectivity index (χ0) is 90.7. The fourth-order valence-corrected chi connectivity index (χ4v) is 17.3. The van der Waals surface area contributed by atoms with E-state index in [4.69, 9.17) is 22.9 Å². The molecule has 129 heavy (non-hydrogen) atoms. The van der Waals surface area contributed by atoms with Crippen molar-refractivity contribution in [2.45, 2.75) is 237 Å². The Labute approximate surface area is 754 Å². The van der Waals surface area contributed by atoms with Crippen LogP contribution in [-0.4, -0.2) is 151 Å². The number of hydrogen-bond acceptors (Lipinski definition) is 30. The van der Waals surface area contributed by atoms with Gasteiger partial charge in [-0.2, -0.15) is 19.9 Å². The molecule has 0 bridgehead atoms. The molecule has 4 aromatic carbocycles. The molecule has 7 fully saturated rings. The Morgan fingerprint density at radius 2 is 0.713 bits per heavy atom. The van der Waals surface area contributed by atoms with E-state index in [1.807, 2.05) is 0 Å². The molecule has 0 atom stereocenters. The molecule has 15 rings (SSSR count). The number of rotatable bonds is 32. The Morgan fingerprint density at radius 1 is 0.403 bits per heavy atom. The van der Waals surface area contributed by atoms with E-state index in [0.717, 1.165) is 178 Å². The molecule has 7 aliphatic rings. The average Bonchev–Trinajstić information content (AvgIpc) is 1.52. The van der Waals surface area contributed by atoms with E-state index in [1.54, 1.807) is 18.3 Å². The van der Waals surface area contributed by atoms with E-state index in [1.165, 1.54) is 106 Å². The third kappa shape index (κ3) is 31.5. The fourth-order valence-electron chi connectivity index (χ4n) is 17.3. The van der Waals surface area contributed by atoms with Crippen LogP contribution in [0.1, 0.15) is 208 Å². The van der Waals surface area contributed by atoms with Gasteiger partial charge in [0.15, 0.2) is 0 Å². The predicted molar refractivity (Wildman–Crippen MR) is 504 cm³/mol. The summed E-state index contributed by atoms with van der Waals surface area (Å²) in [5.41, 5.74) is 31.8. The number of unbranched alkanes of at least 4 members (excludes halogenated alkanes) is 1. The largest absolute Gasteiger partial charge is 0.573 e. The molecule has 4 aromatic heterocycles. The summed E-state index contributed by atoms with van der Waals surface area (Å²) in [6, 6.07) is 32.6. The summed E-state index contributed by atoms with van der Waals surface area (Å²) in [5, 5.41) is 59.9. The quantitative estimate of drug-likeness (QED) is 0.0106. The van der Waals surface area contributed by atoms with Crippen LogP contribution < -0.4 is 84.9 Å². The van der Waals surface area contributed by atoms with E-state index in [2.05, 4.69) is 193 Å². The minimum Gasteiger partial charge on any atom is -0.405 e. The molecule has 4 aliphatic carbocycles. The molecule has 7 heterocycles. The first-order valence-electron chi connectivity index (χ1n) is 46.3. The first-order valence-corrected chi connectivity index (χ1v) is 46.3.